The number of amides is 1. The second-order valence-electron chi connectivity index (χ2n) is 4.85. The highest BCUT2D eigenvalue weighted by Gasteiger charge is 2.11. The van der Waals surface area contributed by atoms with Gasteiger partial charge in [0.15, 0.2) is 0 Å². The summed E-state index contributed by atoms with van der Waals surface area (Å²) in [7, 11) is 0. The van der Waals surface area contributed by atoms with E-state index in [4.69, 9.17) is 12.8 Å². The van der Waals surface area contributed by atoms with Crippen LogP contribution in [0.2, 0.25) is 0 Å². The number of hydrogen-bond donors (Lipinski definition) is 1. The van der Waals surface area contributed by atoms with Crippen molar-refractivity contribution < 1.29 is 4.79 Å². The van der Waals surface area contributed by atoms with Crippen LogP contribution in [-0.2, 0) is 0 Å². The fraction of sp³-hybridized carbons (Fsp3) is 0.105. The number of hydrogen-bond acceptors (Lipinski definition) is 1. The Bertz CT molecular complexity index is 768. The van der Waals surface area contributed by atoms with Crippen LogP contribution in [0.5, 0.6) is 0 Å². The minimum atomic E-state index is -0.201. The first-order valence-electron chi connectivity index (χ1n) is 6.51. The number of carbonyl (C=O) groups is 1. The lowest BCUT2D eigenvalue weighted by molar-refractivity contribution is 0.102. The van der Waals surface area contributed by atoms with E-state index >= 15 is 0 Å². The summed E-state index contributed by atoms with van der Waals surface area (Å²) in [5.74, 6) is 4.86. The Morgan fingerprint density at radius 3 is 2.29 bits per heavy atom. The number of anilines is 1. The lowest BCUT2D eigenvalue weighted by Gasteiger charge is -2.10. The highest BCUT2D eigenvalue weighted by molar-refractivity contribution is 6.05. The van der Waals surface area contributed by atoms with Gasteiger partial charge < -0.3 is 5.32 Å². The first-order valence-corrected chi connectivity index (χ1v) is 6.51. The fourth-order valence-electron chi connectivity index (χ4n) is 2.23. The zero-order valence-electron chi connectivity index (χ0n) is 12.0. The van der Waals surface area contributed by atoms with Gasteiger partial charge in [-0.1, -0.05) is 35.1 Å². The maximum atomic E-state index is 12.4. The molecule has 21 heavy (non-hydrogen) atoms. The molecular weight excluding hydrogens is 258 g/mol. The molecule has 0 saturated heterocycles. The average molecular weight is 273 g/mol. The zero-order valence-corrected chi connectivity index (χ0v) is 12.0. The van der Waals surface area contributed by atoms with Gasteiger partial charge in [-0.3, -0.25) is 4.79 Å². The SMILES string of the molecule is C#Cc1cccc(NC(=O)c2cc(C)cc(C)c2)c1C#C. The second-order valence-corrected chi connectivity index (χ2v) is 4.85. The third-order valence-electron chi connectivity index (χ3n) is 3.10. The molecule has 0 aliphatic rings. The Hall–Kier alpha value is -2.97. The van der Waals surface area contributed by atoms with Crippen LogP contribution in [0.1, 0.15) is 32.6 Å². The summed E-state index contributed by atoms with van der Waals surface area (Å²) in [5, 5.41) is 2.83. The standard InChI is InChI=1S/C19H15NO/c1-5-15-8-7-9-18(17(15)6-2)20-19(21)16-11-13(3)10-14(4)12-16/h1-2,7-12H,3-4H3,(H,20,21). The minimum Gasteiger partial charge on any atom is -0.321 e. The van der Waals surface area contributed by atoms with Crippen LogP contribution in [0.15, 0.2) is 36.4 Å². The number of rotatable bonds is 2. The maximum absolute atomic E-state index is 12.4. The van der Waals surface area contributed by atoms with Crippen LogP contribution in [0.4, 0.5) is 5.69 Å². The van der Waals surface area contributed by atoms with Gasteiger partial charge in [0.1, 0.15) is 0 Å². The van der Waals surface area contributed by atoms with Crippen molar-refractivity contribution in [1.29, 1.82) is 0 Å². The second kappa shape index (κ2) is 5.99. The first kappa shape index (κ1) is 14.4. The van der Waals surface area contributed by atoms with Crippen molar-refractivity contribution in [3.8, 4) is 24.7 Å². The molecule has 0 aromatic heterocycles. The molecule has 0 atom stereocenters. The third-order valence-corrected chi connectivity index (χ3v) is 3.10. The van der Waals surface area contributed by atoms with Gasteiger partial charge in [0.05, 0.1) is 11.3 Å². The monoisotopic (exact) mass is 273 g/mol. The van der Waals surface area contributed by atoms with Gasteiger partial charge in [0, 0.05) is 11.1 Å². The highest BCUT2D eigenvalue weighted by Crippen LogP contribution is 2.20. The Morgan fingerprint density at radius 1 is 1.05 bits per heavy atom. The largest absolute Gasteiger partial charge is 0.321 e. The smallest absolute Gasteiger partial charge is 0.255 e. The molecule has 2 rings (SSSR count). The van der Waals surface area contributed by atoms with E-state index in [0.717, 1.165) is 11.1 Å². The van der Waals surface area contributed by atoms with Gasteiger partial charge in [0.2, 0.25) is 0 Å². The summed E-state index contributed by atoms with van der Waals surface area (Å²) in [6.45, 7) is 3.91. The molecule has 0 aliphatic carbocycles. The van der Waals surface area contributed by atoms with Gasteiger partial charge in [-0.2, -0.15) is 0 Å². The normalized spacial score (nSPS) is 9.52. The van der Waals surface area contributed by atoms with E-state index in [1.165, 1.54) is 0 Å². The Morgan fingerprint density at radius 2 is 1.71 bits per heavy atom. The Balaban J connectivity index is 2.37. The number of terminal acetylenes is 2. The lowest BCUT2D eigenvalue weighted by atomic mass is 10.0. The quantitative estimate of drug-likeness (QED) is 0.833. The molecule has 0 spiro atoms. The molecule has 0 fully saturated rings. The Labute approximate surface area is 125 Å². The van der Waals surface area contributed by atoms with Crippen LogP contribution in [0.3, 0.4) is 0 Å². The van der Waals surface area contributed by atoms with Crippen LogP contribution in [-0.4, -0.2) is 5.91 Å². The first-order chi connectivity index (χ1) is 10.0. The molecule has 2 aromatic carbocycles. The van der Waals surface area contributed by atoms with Gasteiger partial charge in [-0.25, -0.2) is 0 Å². The van der Waals surface area contributed by atoms with Gasteiger partial charge >= 0.3 is 0 Å². The van der Waals surface area contributed by atoms with Crippen molar-refractivity contribution in [3.05, 3.63) is 64.2 Å². The summed E-state index contributed by atoms with van der Waals surface area (Å²) < 4.78 is 0. The Kier molecular flexibility index (Phi) is 4.12. The number of aryl methyl sites for hydroxylation is 2. The van der Waals surface area contributed by atoms with Crippen LogP contribution in [0, 0.1) is 38.5 Å². The van der Waals surface area contributed by atoms with Crippen molar-refractivity contribution >= 4 is 11.6 Å². The van der Waals surface area contributed by atoms with Crippen molar-refractivity contribution in [3.63, 3.8) is 0 Å². The summed E-state index contributed by atoms with van der Waals surface area (Å²) in [5.41, 5.74) is 4.34. The van der Waals surface area contributed by atoms with E-state index in [2.05, 4.69) is 17.2 Å². The molecule has 0 heterocycles. The van der Waals surface area contributed by atoms with E-state index in [1.807, 2.05) is 32.0 Å². The predicted octanol–water partition coefficient (Wildman–Crippen LogP) is 3.52. The van der Waals surface area contributed by atoms with Crippen LogP contribution < -0.4 is 5.32 Å². The molecule has 0 radical (unpaired) electrons. The molecule has 0 aliphatic heterocycles. The molecule has 2 nitrogen and oxygen atoms in total. The minimum absolute atomic E-state index is 0.201. The molecular formula is C19H15NO. The highest BCUT2D eigenvalue weighted by atomic mass is 16.1. The fourth-order valence-corrected chi connectivity index (χ4v) is 2.23. The number of nitrogens with one attached hydrogen (secondary N) is 1. The van der Waals surface area contributed by atoms with Crippen molar-refractivity contribution in [2.24, 2.45) is 0 Å². The summed E-state index contributed by atoms with van der Waals surface area (Å²) in [4.78, 5) is 12.4. The summed E-state index contributed by atoms with van der Waals surface area (Å²) >= 11 is 0. The van der Waals surface area contributed by atoms with Crippen LogP contribution >= 0.6 is 0 Å². The maximum Gasteiger partial charge on any atom is 0.255 e. The molecule has 2 aromatic rings. The molecule has 1 amide bonds. The third kappa shape index (κ3) is 3.14. The molecule has 0 saturated carbocycles. The van der Waals surface area contributed by atoms with E-state index in [9.17, 15) is 4.79 Å². The van der Waals surface area contributed by atoms with Crippen molar-refractivity contribution in [2.45, 2.75) is 13.8 Å². The molecule has 0 bridgehead atoms. The van der Waals surface area contributed by atoms with E-state index in [1.54, 1.807) is 18.2 Å². The van der Waals surface area contributed by atoms with Gasteiger partial charge in [-0.15, -0.1) is 12.8 Å². The number of carbonyl (C=O) groups excluding carboxylic acids is 1. The molecule has 1 N–H and O–H groups in total. The topological polar surface area (TPSA) is 29.1 Å². The summed E-state index contributed by atoms with van der Waals surface area (Å²) in [6, 6.07) is 11.0. The van der Waals surface area contributed by atoms with E-state index in [-0.39, 0.29) is 5.91 Å². The summed E-state index contributed by atoms with van der Waals surface area (Å²) in [6.07, 6.45) is 10.9. The van der Waals surface area contributed by atoms with Crippen LogP contribution in [0.25, 0.3) is 0 Å². The molecule has 0 unspecified atom stereocenters. The van der Waals surface area contributed by atoms with E-state index < -0.39 is 0 Å². The molecule has 2 heteroatoms. The van der Waals surface area contributed by atoms with Gasteiger partial charge in [0.25, 0.3) is 5.91 Å². The lowest BCUT2D eigenvalue weighted by Crippen LogP contribution is -2.13. The zero-order chi connectivity index (χ0) is 15.4. The predicted molar refractivity (Wildman–Crippen MR) is 86.2 cm³/mol. The van der Waals surface area contributed by atoms with Crippen molar-refractivity contribution in [1.82, 2.24) is 0 Å². The van der Waals surface area contributed by atoms with Crippen molar-refractivity contribution in [2.75, 3.05) is 5.32 Å². The average Bonchev–Trinajstić information content (AvgIpc) is 2.45. The molecule has 102 valence electrons. The number of benzene rings is 2. The van der Waals surface area contributed by atoms with E-state index in [0.29, 0.717) is 22.4 Å². The van der Waals surface area contributed by atoms with Gasteiger partial charge in [-0.05, 0) is 38.1 Å².